The summed E-state index contributed by atoms with van der Waals surface area (Å²) in [5.74, 6) is 1.34. The smallest absolute Gasteiger partial charge is 0.119 e. The molecule has 2 heterocycles. The number of benzene rings is 1. The largest absolute Gasteiger partial charge is 0.490 e. The van der Waals surface area contributed by atoms with Gasteiger partial charge in [-0.3, -0.25) is 0 Å². The molecule has 0 spiro atoms. The van der Waals surface area contributed by atoms with Crippen LogP contribution in [0.5, 0.6) is 5.75 Å². The minimum absolute atomic E-state index is 0.399. The van der Waals surface area contributed by atoms with Crippen molar-refractivity contribution < 1.29 is 9.84 Å². The second-order valence-electron chi connectivity index (χ2n) is 6.30. The molecule has 2 bridgehead atoms. The maximum atomic E-state index is 11.0. The molecule has 4 rings (SSSR count). The maximum Gasteiger partial charge on any atom is 0.119 e. The van der Waals surface area contributed by atoms with E-state index in [4.69, 9.17) is 4.74 Å². The van der Waals surface area contributed by atoms with Gasteiger partial charge in [-0.05, 0) is 49.9 Å². The van der Waals surface area contributed by atoms with Crippen molar-refractivity contribution in [1.82, 2.24) is 4.90 Å². The second-order valence-corrected chi connectivity index (χ2v) is 6.30. The molecule has 3 atom stereocenters. The number of ether oxygens (including phenoxy) is 1. The molecule has 2 saturated heterocycles. The summed E-state index contributed by atoms with van der Waals surface area (Å²) in [7, 11) is 0. The predicted octanol–water partition coefficient (Wildman–Crippen LogP) is 2.14. The first-order valence-corrected chi connectivity index (χ1v) is 7.46. The van der Waals surface area contributed by atoms with E-state index in [-0.39, 0.29) is 0 Å². The lowest BCUT2D eigenvalue weighted by Crippen LogP contribution is -2.44. The molecule has 3 heteroatoms. The van der Waals surface area contributed by atoms with Crippen LogP contribution < -0.4 is 4.74 Å². The summed E-state index contributed by atoms with van der Waals surface area (Å²) in [6.07, 6.45) is 4.79. The van der Waals surface area contributed by atoms with Crippen molar-refractivity contribution in [3.8, 4) is 5.75 Å². The average Bonchev–Trinajstić information content (AvgIpc) is 3.14. The molecule has 3 nitrogen and oxygen atoms in total. The van der Waals surface area contributed by atoms with Crippen molar-refractivity contribution in [1.29, 1.82) is 0 Å². The topological polar surface area (TPSA) is 32.7 Å². The van der Waals surface area contributed by atoms with Crippen LogP contribution in [0.3, 0.4) is 0 Å². The maximum absolute atomic E-state index is 11.0. The third-order valence-corrected chi connectivity index (χ3v) is 4.94. The van der Waals surface area contributed by atoms with E-state index in [0.717, 1.165) is 43.8 Å². The van der Waals surface area contributed by atoms with Gasteiger partial charge in [0.2, 0.25) is 0 Å². The quantitative estimate of drug-likeness (QED) is 0.902. The monoisotopic (exact) mass is 259 g/mol. The number of nitrogens with zero attached hydrogens (tertiary/aromatic N) is 1. The lowest BCUT2D eigenvalue weighted by molar-refractivity contribution is -0.0502. The standard InChI is InChI=1S/C16H21NO2/c18-16(8-10-17-9-7-13(16)11-17)12-1-3-14(4-2-12)19-15-5-6-15/h1-4,13,15,18H,5-11H2. The van der Waals surface area contributed by atoms with Crippen LogP contribution in [0, 0.1) is 5.92 Å². The zero-order valence-corrected chi connectivity index (χ0v) is 11.2. The van der Waals surface area contributed by atoms with E-state index in [1.165, 1.54) is 12.8 Å². The first kappa shape index (κ1) is 11.7. The highest BCUT2D eigenvalue weighted by molar-refractivity contribution is 5.32. The van der Waals surface area contributed by atoms with E-state index < -0.39 is 5.60 Å². The van der Waals surface area contributed by atoms with Crippen molar-refractivity contribution >= 4 is 0 Å². The Morgan fingerprint density at radius 1 is 1.11 bits per heavy atom. The molecule has 3 aliphatic rings. The Balaban J connectivity index is 1.56. The normalized spacial score (nSPS) is 37.3. The SMILES string of the molecule is OC1(c2ccc(OC3CC3)cc2)CCN2CCC1C2. The number of rotatable bonds is 3. The fourth-order valence-electron chi connectivity index (χ4n) is 3.54. The number of piperidine rings is 1. The highest BCUT2D eigenvalue weighted by atomic mass is 16.5. The van der Waals surface area contributed by atoms with Crippen LogP contribution in [0.1, 0.15) is 31.2 Å². The molecule has 0 radical (unpaired) electrons. The first-order valence-electron chi connectivity index (χ1n) is 7.46. The van der Waals surface area contributed by atoms with Crippen molar-refractivity contribution in [2.45, 2.75) is 37.4 Å². The third kappa shape index (κ3) is 2.05. The molecule has 1 N–H and O–H groups in total. The third-order valence-electron chi connectivity index (χ3n) is 4.94. The second kappa shape index (κ2) is 4.22. The van der Waals surface area contributed by atoms with E-state index >= 15 is 0 Å². The van der Waals surface area contributed by atoms with E-state index in [9.17, 15) is 5.11 Å². The number of aliphatic hydroxyl groups is 1. The molecule has 3 fully saturated rings. The molecule has 1 aromatic carbocycles. The zero-order valence-electron chi connectivity index (χ0n) is 11.2. The van der Waals surface area contributed by atoms with Crippen LogP contribution in [-0.4, -0.2) is 35.7 Å². The van der Waals surface area contributed by atoms with E-state index in [1.54, 1.807) is 0 Å². The lowest BCUT2D eigenvalue weighted by Gasteiger charge is -2.39. The summed E-state index contributed by atoms with van der Waals surface area (Å²) in [6.45, 7) is 3.22. The Hall–Kier alpha value is -1.06. The Bertz CT molecular complexity index is 468. The van der Waals surface area contributed by atoms with Gasteiger partial charge in [-0.15, -0.1) is 0 Å². The average molecular weight is 259 g/mol. The highest BCUT2D eigenvalue weighted by Gasteiger charge is 2.45. The van der Waals surface area contributed by atoms with E-state index in [2.05, 4.69) is 17.0 Å². The highest BCUT2D eigenvalue weighted by Crippen LogP contribution is 2.43. The molecular formula is C16H21NO2. The van der Waals surface area contributed by atoms with Gasteiger partial charge in [-0.1, -0.05) is 12.1 Å². The van der Waals surface area contributed by atoms with Crippen LogP contribution in [-0.2, 0) is 5.60 Å². The predicted molar refractivity (Wildman–Crippen MR) is 73.2 cm³/mol. The van der Waals surface area contributed by atoms with Crippen LogP contribution in [0.4, 0.5) is 0 Å². The van der Waals surface area contributed by atoms with Gasteiger partial charge < -0.3 is 14.7 Å². The molecule has 1 aromatic rings. The van der Waals surface area contributed by atoms with Gasteiger partial charge in [0.05, 0.1) is 11.7 Å². The molecule has 1 aliphatic carbocycles. The molecule has 102 valence electrons. The van der Waals surface area contributed by atoms with Gasteiger partial charge >= 0.3 is 0 Å². The van der Waals surface area contributed by atoms with Crippen LogP contribution in [0.25, 0.3) is 0 Å². The molecule has 2 aliphatic heterocycles. The molecule has 0 aromatic heterocycles. The molecule has 3 unspecified atom stereocenters. The van der Waals surface area contributed by atoms with Gasteiger partial charge in [0.1, 0.15) is 5.75 Å². The molecular weight excluding hydrogens is 238 g/mol. The fourth-order valence-corrected chi connectivity index (χ4v) is 3.54. The summed E-state index contributed by atoms with van der Waals surface area (Å²) >= 11 is 0. The minimum Gasteiger partial charge on any atom is -0.490 e. The van der Waals surface area contributed by atoms with Gasteiger partial charge in [-0.2, -0.15) is 0 Å². The Morgan fingerprint density at radius 2 is 1.89 bits per heavy atom. The van der Waals surface area contributed by atoms with Crippen LogP contribution in [0.15, 0.2) is 24.3 Å². The summed E-state index contributed by atoms with van der Waals surface area (Å²) in [5.41, 5.74) is 0.452. The van der Waals surface area contributed by atoms with Crippen LogP contribution >= 0.6 is 0 Å². The Morgan fingerprint density at radius 3 is 2.63 bits per heavy atom. The van der Waals surface area contributed by atoms with Gasteiger partial charge in [0.25, 0.3) is 0 Å². The molecule has 0 amide bonds. The summed E-state index contributed by atoms with van der Waals surface area (Å²) in [6, 6.07) is 8.16. The number of hydrogen-bond donors (Lipinski definition) is 1. The van der Waals surface area contributed by atoms with Crippen molar-refractivity contribution in [3.05, 3.63) is 29.8 Å². The molecule has 19 heavy (non-hydrogen) atoms. The first-order chi connectivity index (χ1) is 9.24. The van der Waals surface area contributed by atoms with Crippen molar-refractivity contribution in [3.63, 3.8) is 0 Å². The summed E-state index contributed by atoms with van der Waals surface area (Å²) < 4.78 is 5.77. The van der Waals surface area contributed by atoms with E-state index in [1.807, 2.05) is 12.1 Å². The zero-order chi connectivity index (χ0) is 12.9. The number of fused-ring (bicyclic) bond motifs is 2. The van der Waals surface area contributed by atoms with Crippen molar-refractivity contribution in [2.75, 3.05) is 19.6 Å². The Labute approximate surface area is 114 Å². The fraction of sp³-hybridized carbons (Fsp3) is 0.625. The minimum atomic E-state index is -0.620. The summed E-state index contributed by atoms with van der Waals surface area (Å²) in [4.78, 5) is 2.46. The molecule has 1 saturated carbocycles. The van der Waals surface area contributed by atoms with E-state index in [0.29, 0.717) is 12.0 Å². The number of hydrogen-bond acceptors (Lipinski definition) is 3. The Kier molecular flexibility index (Phi) is 2.61. The van der Waals surface area contributed by atoms with Crippen LogP contribution in [0.2, 0.25) is 0 Å². The van der Waals surface area contributed by atoms with Gasteiger partial charge in [-0.25, -0.2) is 0 Å². The van der Waals surface area contributed by atoms with Gasteiger partial charge in [0, 0.05) is 19.0 Å². The summed E-state index contributed by atoms with van der Waals surface area (Å²) in [5, 5.41) is 11.0. The van der Waals surface area contributed by atoms with Gasteiger partial charge in [0.15, 0.2) is 0 Å². The lowest BCUT2D eigenvalue weighted by atomic mass is 9.77. The van der Waals surface area contributed by atoms with Crippen molar-refractivity contribution in [2.24, 2.45) is 5.92 Å².